The van der Waals surface area contributed by atoms with Gasteiger partial charge in [-0.3, -0.25) is 0 Å². The highest BCUT2D eigenvalue weighted by Crippen LogP contribution is 2.17. The van der Waals surface area contributed by atoms with Crippen molar-refractivity contribution in [3.05, 3.63) is 34.3 Å². The lowest BCUT2D eigenvalue weighted by Crippen LogP contribution is -2.09. The molecule has 0 aliphatic carbocycles. The molecule has 16 heavy (non-hydrogen) atoms. The predicted molar refractivity (Wildman–Crippen MR) is 68.7 cm³/mol. The van der Waals surface area contributed by atoms with Gasteiger partial charge in [-0.2, -0.15) is 0 Å². The van der Waals surface area contributed by atoms with E-state index in [9.17, 15) is 0 Å². The van der Waals surface area contributed by atoms with Crippen LogP contribution in [0.15, 0.2) is 33.7 Å². The zero-order chi connectivity index (χ0) is 11.4. The first kappa shape index (κ1) is 11.6. The highest BCUT2D eigenvalue weighted by atomic mass is 79.9. The zero-order valence-corrected chi connectivity index (χ0v) is 10.6. The fourth-order valence-corrected chi connectivity index (χ4v) is 1.93. The Morgan fingerprint density at radius 3 is 2.81 bits per heavy atom. The van der Waals surface area contributed by atoms with E-state index in [4.69, 9.17) is 10.5 Å². The van der Waals surface area contributed by atoms with E-state index < -0.39 is 0 Å². The summed E-state index contributed by atoms with van der Waals surface area (Å²) in [7, 11) is 0. The average Bonchev–Trinajstić information content (AvgIpc) is 2.76. The van der Waals surface area contributed by atoms with Crippen LogP contribution in [0.4, 0.5) is 0 Å². The molecule has 1 atom stereocenters. The molecule has 2 N–H and O–H groups in total. The van der Waals surface area contributed by atoms with Crippen molar-refractivity contribution in [3.63, 3.8) is 0 Å². The molecule has 4 heteroatoms. The molecule has 0 aromatic heterocycles. The molecular formula is C12H15BrN2O. The van der Waals surface area contributed by atoms with E-state index in [-0.39, 0.29) is 6.04 Å². The smallest absolute Gasteiger partial charge is 0.216 e. The van der Waals surface area contributed by atoms with Crippen molar-refractivity contribution in [1.29, 1.82) is 0 Å². The van der Waals surface area contributed by atoms with E-state index in [1.54, 1.807) is 0 Å². The number of nitrogens with two attached hydrogens (primary N) is 1. The molecule has 0 saturated heterocycles. The Kier molecular flexibility index (Phi) is 3.96. The van der Waals surface area contributed by atoms with Crippen molar-refractivity contribution in [1.82, 2.24) is 0 Å². The van der Waals surface area contributed by atoms with Gasteiger partial charge in [-0.05, 0) is 43.7 Å². The third-order valence-electron chi connectivity index (χ3n) is 2.54. The van der Waals surface area contributed by atoms with Gasteiger partial charge in [0.2, 0.25) is 5.90 Å². The normalized spacial score (nSPS) is 19.4. The Labute approximate surface area is 104 Å². The van der Waals surface area contributed by atoms with Crippen LogP contribution in [0.25, 0.3) is 0 Å². The number of nitrogens with zero attached hydrogens (tertiary/aromatic N) is 1. The van der Waals surface area contributed by atoms with Crippen LogP contribution in [0.2, 0.25) is 0 Å². The highest BCUT2D eigenvalue weighted by Gasteiger charge is 2.19. The molecule has 1 aliphatic rings. The number of hydrogen-bond donors (Lipinski definition) is 1. The Morgan fingerprint density at radius 1 is 1.38 bits per heavy atom. The van der Waals surface area contributed by atoms with Crippen LogP contribution in [-0.2, 0) is 4.74 Å². The summed E-state index contributed by atoms with van der Waals surface area (Å²) in [6, 6.07) is 8.29. The predicted octanol–water partition coefficient (Wildman–Crippen LogP) is 2.33. The van der Waals surface area contributed by atoms with Gasteiger partial charge in [-0.1, -0.05) is 15.9 Å². The average molecular weight is 283 g/mol. The molecule has 1 aliphatic heterocycles. The van der Waals surface area contributed by atoms with Crippen molar-refractivity contribution >= 4 is 21.8 Å². The fourth-order valence-electron chi connectivity index (χ4n) is 1.67. The van der Waals surface area contributed by atoms with E-state index in [1.165, 1.54) is 0 Å². The number of aliphatic imine (C=N–C) groups is 1. The van der Waals surface area contributed by atoms with E-state index in [0.717, 1.165) is 35.3 Å². The van der Waals surface area contributed by atoms with Crippen LogP contribution in [-0.4, -0.2) is 25.1 Å². The molecule has 1 unspecified atom stereocenters. The Hall–Kier alpha value is -0.870. The number of hydrogen-bond acceptors (Lipinski definition) is 3. The topological polar surface area (TPSA) is 47.6 Å². The van der Waals surface area contributed by atoms with Crippen molar-refractivity contribution in [2.24, 2.45) is 10.7 Å². The molecule has 0 amide bonds. The first-order valence-corrected chi connectivity index (χ1v) is 6.25. The van der Waals surface area contributed by atoms with Gasteiger partial charge in [-0.25, -0.2) is 4.99 Å². The number of rotatable bonds is 4. The lowest BCUT2D eigenvalue weighted by molar-refractivity contribution is 0.311. The third kappa shape index (κ3) is 2.83. The van der Waals surface area contributed by atoms with E-state index in [0.29, 0.717) is 6.61 Å². The second-order valence-corrected chi connectivity index (χ2v) is 4.75. The number of benzene rings is 1. The maximum Gasteiger partial charge on any atom is 0.216 e. The maximum atomic E-state index is 5.58. The maximum absolute atomic E-state index is 5.58. The van der Waals surface area contributed by atoms with Gasteiger partial charge < -0.3 is 10.5 Å². The summed E-state index contributed by atoms with van der Waals surface area (Å²) in [6.07, 6.45) is 2.02. The lowest BCUT2D eigenvalue weighted by Gasteiger charge is -2.01. The molecule has 0 saturated carbocycles. The summed E-state index contributed by atoms with van der Waals surface area (Å²) in [5.41, 5.74) is 6.51. The number of ether oxygens (including phenoxy) is 1. The van der Waals surface area contributed by atoms with Gasteiger partial charge in [0, 0.05) is 10.0 Å². The Balaban J connectivity index is 2.03. The molecule has 0 spiro atoms. The molecule has 3 nitrogen and oxygen atoms in total. The van der Waals surface area contributed by atoms with Crippen LogP contribution in [0, 0.1) is 0 Å². The zero-order valence-electron chi connectivity index (χ0n) is 9.03. The summed E-state index contributed by atoms with van der Waals surface area (Å²) in [5.74, 6) is 0.759. The molecule has 0 fully saturated rings. The van der Waals surface area contributed by atoms with Crippen LogP contribution in [0.3, 0.4) is 0 Å². The molecule has 1 aromatic rings. The van der Waals surface area contributed by atoms with Gasteiger partial charge in [0.05, 0.1) is 6.04 Å². The molecule has 0 bridgehead atoms. The van der Waals surface area contributed by atoms with Crippen LogP contribution in [0.1, 0.15) is 18.4 Å². The van der Waals surface area contributed by atoms with Gasteiger partial charge in [0.15, 0.2) is 0 Å². The Morgan fingerprint density at radius 2 is 2.12 bits per heavy atom. The van der Waals surface area contributed by atoms with Crippen molar-refractivity contribution in [3.8, 4) is 0 Å². The first-order valence-electron chi connectivity index (χ1n) is 5.46. The van der Waals surface area contributed by atoms with Crippen LogP contribution >= 0.6 is 15.9 Å². The standard InChI is InChI=1S/C12H15BrN2O/c13-10-5-3-9(4-6-10)12-15-11(8-16-12)2-1-7-14/h3-6,11H,1-2,7-8,14H2. The summed E-state index contributed by atoms with van der Waals surface area (Å²) in [5, 5.41) is 0. The summed E-state index contributed by atoms with van der Waals surface area (Å²) >= 11 is 3.41. The van der Waals surface area contributed by atoms with Crippen molar-refractivity contribution in [2.45, 2.75) is 18.9 Å². The molecule has 1 aromatic carbocycles. The van der Waals surface area contributed by atoms with Gasteiger partial charge in [0.1, 0.15) is 6.61 Å². The van der Waals surface area contributed by atoms with Crippen LogP contribution in [0.5, 0.6) is 0 Å². The summed E-state index contributed by atoms with van der Waals surface area (Å²) < 4.78 is 6.65. The minimum atomic E-state index is 0.280. The molecule has 86 valence electrons. The minimum absolute atomic E-state index is 0.280. The highest BCUT2D eigenvalue weighted by molar-refractivity contribution is 9.10. The first-order chi connectivity index (χ1) is 7.79. The van der Waals surface area contributed by atoms with E-state index in [1.807, 2.05) is 24.3 Å². The second-order valence-electron chi connectivity index (χ2n) is 3.84. The lowest BCUT2D eigenvalue weighted by atomic mass is 10.2. The SMILES string of the molecule is NCCCC1COC(c2ccc(Br)cc2)=N1. The quantitative estimate of drug-likeness (QED) is 0.922. The summed E-state index contributed by atoms with van der Waals surface area (Å²) in [4.78, 5) is 4.55. The van der Waals surface area contributed by atoms with Gasteiger partial charge in [-0.15, -0.1) is 0 Å². The number of halogens is 1. The van der Waals surface area contributed by atoms with Gasteiger partial charge >= 0.3 is 0 Å². The van der Waals surface area contributed by atoms with Crippen molar-refractivity contribution < 1.29 is 4.74 Å². The monoisotopic (exact) mass is 282 g/mol. The van der Waals surface area contributed by atoms with E-state index >= 15 is 0 Å². The summed E-state index contributed by atoms with van der Waals surface area (Å²) in [6.45, 7) is 1.41. The van der Waals surface area contributed by atoms with E-state index in [2.05, 4.69) is 20.9 Å². The molecule has 2 rings (SSSR count). The molecule has 1 heterocycles. The second kappa shape index (κ2) is 5.46. The minimum Gasteiger partial charge on any atom is -0.475 e. The largest absolute Gasteiger partial charge is 0.475 e. The fraction of sp³-hybridized carbons (Fsp3) is 0.417. The van der Waals surface area contributed by atoms with Crippen molar-refractivity contribution in [2.75, 3.05) is 13.2 Å². The third-order valence-corrected chi connectivity index (χ3v) is 3.07. The molecule has 0 radical (unpaired) electrons. The van der Waals surface area contributed by atoms with Gasteiger partial charge in [0.25, 0.3) is 0 Å². The van der Waals surface area contributed by atoms with Crippen LogP contribution < -0.4 is 5.73 Å². The molecular weight excluding hydrogens is 268 g/mol. The Bertz CT molecular complexity index is 375.